The number of rotatable bonds is 4. The van der Waals surface area contributed by atoms with Crippen LogP contribution in [0.15, 0.2) is 18.2 Å². The van der Waals surface area contributed by atoms with Crippen molar-refractivity contribution in [1.82, 2.24) is 10.6 Å². The zero-order chi connectivity index (χ0) is 19.6. The maximum atomic E-state index is 12.7. The third-order valence-corrected chi connectivity index (χ3v) is 5.75. The molecule has 0 bridgehead atoms. The Bertz CT molecular complexity index is 705. The molecule has 2 fully saturated rings. The summed E-state index contributed by atoms with van der Waals surface area (Å²) in [5.74, 6) is 1.10. The number of anilines is 1. The van der Waals surface area contributed by atoms with Crippen molar-refractivity contribution >= 4 is 29.7 Å². The zero-order valence-electron chi connectivity index (χ0n) is 16.8. The van der Waals surface area contributed by atoms with Crippen LogP contribution in [0.1, 0.15) is 44.0 Å². The van der Waals surface area contributed by atoms with Crippen molar-refractivity contribution < 1.29 is 9.72 Å². The predicted octanol–water partition coefficient (Wildman–Crippen LogP) is 3.23. The Morgan fingerprint density at radius 3 is 2.54 bits per heavy atom. The van der Waals surface area contributed by atoms with Gasteiger partial charge in [0, 0.05) is 30.8 Å². The van der Waals surface area contributed by atoms with Crippen molar-refractivity contribution in [1.29, 1.82) is 0 Å². The standard InChI is InChI=1S/C20H30N4O3.ClH/c1-13-8-14(2)12-23(11-13)18-5-4-16(9-19(18)24(26)27)20(25)22-17-6-7-21-10-15(17)3;/h4-5,9,13-15,17,21H,6-8,10-12H2,1-3H3,(H,22,25);1H. The van der Waals surface area contributed by atoms with E-state index < -0.39 is 0 Å². The van der Waals surface area contributed by atoms with Crippen LogP contribution >= 0.6 is 12.4 Å². The summed E-state index contributed by atoms with van der Waals surface area (Å²) >= 11 is 0. The van der Waals surface area contributed by atoms with Crippen LogP contribution in [-0.2, 0) is 0 Å². The molecule has 2 N–H and O–H groups in total. The Morgan fingerprint density at radius 2 is 1.93 bits per heavy atom. The van der Waals surface area contributed by atoms with Gasteiger partial charge >= 0.3 is 0 Å². The molecule has 4 unspecified atom stereocenters. The minimum atomic E-state index is -0.372. The molecule has 28 heavy (non-hydrogen) atoms. The molecule has 4 atom stereocenters. The molecule has 0 spiro atoms. The smallest absolute Gasteiger partial charge is 0.293 e. The van der Waals surface area contributed by atoms with E-state index >= 15 is 0 Å². The molecule has 0 radical (unpaired) electrons. The van der Waals surface area contributed by atoms with Gasteiger partial charge in [-0.25, -0.2) is 0 Å². The number of amides is 1. The van der Waals surface area contributed by atoms with E-state index in [-0.39, 0.29) is 35.0 Å². The van der Waals surface area contributed by atoms with Gasteiger partial charge in [0.25, 0.3) is 11.6 Å². The van der Waals surface area contributed by atoms with E-state index in [0.717, 1.165) is 39.0 Å². The molecule has 8 heteroatoms. The SMILES string of the molecule is CC1CC(C)CN(c2ccc(C(=O)NC3CCNCC3C)cc2[N+](=O)[O-])C1.Cl. The molecule has 1 amide bonds. The van der Waals surface area contributed by atoms with Crippen molar-refractivity contribution in [2.75, 3.05) is 31.1 Å². The van der Waals surface area contributed by atoms with Crippen LogP contribution in [0.2, 0.25) is 0 Å². The number of piperidine rings is 2. The molecule has 2 heterocycles. The topological polar surface area (TPSA) is 87.5 Å². The van der Waals surface area contributed by atoms with Gasteiger partial charge in [-0.2, -0.15) is 0 Å². The second-order valence-electron chi connectivity index (χ2n) is 8.36. The molecular formula is C20H31ClN4O3. The van der Waals surface area contributed by atoms with Gasteiger partial charge in [-0.15, -0.1) is 12.4 Å². The number of nitro groups is 1. The predicted molar refractivity (Wildman–Crippen MR) is 113 cm³/mol. The Morgan fingerprint density at radius 1 is 1.25 bits per heavy atom. The van der Waals surface area contributed by atoms with E-state index in [9.17, 15) is 14.9 Å². The van der Waals surface area contributed by atoms with Crippen molar-refractivity contribution in [3.63, 3.8) is 0 Å². The number of carbonyl (C=O) groups excluding carboxylic acids is 1. The fourth-order valence-electron chi connectivity index (χ4n) is 4.42. The minimum absolute atomic E-state index is 0. The van der Waals surface area contributed by atoms with Gasteiger partial charge in [0.2, 0.25) is 0 Å². The van der Waals surface area contributed by atoms with E-state index in [1.54, 1.807) is 12.1 Å². The molecule has 3 rings (SSSR count). The number of halogens is 1. The lowest BCUT2D eigenvalue weighted by molar-refractivity contribution is -0.384. The molecule has 0 aromatic heterocycles. The van der Waals surface area contributed by atoms with Crippen LogP contribution in [-0.4, -0.2) is 43.1 Å². The van der Waals surface area contributed by atoms with Gasteiger partial charge in [0.1, 0.15) is 5.69 Å². The number of nitro benzene ring substituents is 1. The number of hydrogen-bond donors (Lipinski definition) is 2. The van der Waals surface area contributed by atoms with Crippen molar-refractivity contribution in [3.05, 3.63) is 33.9 Å². The fourth-order valence-corrected chi connectivity index (χ4v) is 4.42. The van der Waals surface area contributed by atoms with Crippen molar-refractivity contribution in [3.8, 4) is 0 Å². The summed E-state index contributed by atoms with van der Waals surface area (Å²) in [5.41, 5.74) is 0.988. The second kappa shape index (κ2) is 9.56. The summed E-state index contributed by atoms with van der Waals surface area (Å²) in [6, 6.07) is 4.98. The average Bonchev–Trinajstić information content (AvgIpc) is 2.62. The second-order valence-corrected chi connectivity index (χ2v) is 8.36. The van der Waals surface area contributed by atoms with Gasteiger partial charge < -0.3 is 15.5 Å². The largest absolute Gasteiger partial charge is 0.365 e. The van der Waals surface area contributed by atoms with E-state index in [4.69, 9.17) is 0 Å². The maximum Gasteiger partial charge on any atom is 0.293 e. The number of benzene rings is 1. The first-order chi connectivity index (χ1) is 12.8. The van der Waals surface area contributed by atoms with Gasteiger partial charge in [-0.1, -0.05) is 20.8 Å². The molecule has 2 aliphatic heterocycles. The molecule has 156 valence electrons. The summed E-state index contributed by atoms with van der Waals surface area (Å²) in [5, 5.41) is 18.0. The molecule has 2 saturated heterocycles. The molecule has 2 aliphatic rings. The number of carbonyl (C=O) groups is 1. The van der Waals surface area contributed by atoms with E-state index in [1.807, 2.05) is 0 Å². The molecule has 0 aliphatic carbocycles. The Labute approximate surface area is 172 Å². The highest BCUT2D eigenvalue weighted by molar-refractivity contribution is 5.96. The zero-order valence-corrected chi connectivity index (χ0v) is 17.6. The Hall–Kier alpha value is -1.86. The number of nitrogens with zero attached hydrogens (tertiary/aromatic N) is 2. The van der Waals surface area contributed by atoms with Gasteiger partial charge in [-0.3, -0.25) is 14.9 Å². The lowest BCUT2D eigenvalue weighted by Crippen LogP contribution is -2.48. The molecule has 7 nitrogen and oxygen atoms in total. The lowest BCUT2D eigenvalue weighted by Gasteiger charge is -2.36. The van der Waals surface area contributed by atoms with Gasteiger partial charge in [0.05, 0.1) is 4.92 Å². The van der Waals surface area contributed by atoms with Crippen LogP contribution in [0.3, 0.4) is 0 Å². The van der Waals surface area contributed by atoms with Gasteiger partial charge in [-0.05, 0) is 55.8 Å². The summed E-state index contributed by atoms with van der Waals surface area (Å²) < 4.78 is 0. The van der Waals surface area contributed by atoms with Crippen LogP contribution in [0, 0.1) is 27.9 Å². The Kier molecular flexibility index (Phi) is 7.66. The molecule has 1 aromatic carbocycles. The first-order valence-corrected chi connectivity index (χ1v) is 9.90. The summed E-state index contributed by atoms with van der Waals surface area (Å²) in [4.78, 5) is 26.1. The molecule has 1 aromatic rings. The molecular weight excluding hydrogens is 380 g/mol. The number of hydrogen-bond acceptors (Lipinski definition) is 5. The number of nitrogens with one attached hydrogen (secondary N) is 2. The van der Waals surface area contributed by atoms with Crippen LogP contribution < -0.4 is 15.5 Å². The van der Waals surface area contributed by atoms with Gasteiger partial charge in [0.15, 0.2) is 0 Å². The highest BCUT2D eigenvalue weighted by atomic mass is 35.5. The maximum absolute atomic E-state index is 12.7. The van der Waals surface area contributed by atoms with Crippen molar-refractivity contribution in [2.45, 2.75) is 39.7 Å². The minimum Gasteiger partial charge on any atom is -0.365 e. The molecule has 0 saturated carbocycles. The quantitative estimate of drug-likeness (QED) is 0.587. The van der Waals surface area contributed by atoms with E-state index in [2.05, 4.69) is 36.3 Å². The summed E-state index contributed by atoms with van der Waals surface area (Å²) in [7, 11) is 0. The normalized spacial score (nSPS) is 27.6. The van der Waals surface area contributed by atoms with Crippen LogP contribution in [0.5, 0.6) is 0 Å². The highest BCUT2D eigenvalue weighted by Gasteiger charge is 2.29. The Balaban J connectivity index is 0.00000280. The van der Waals surface area contributed by atoms with Crippen LogP contribution in [0.25, 0.3) is 0 Å². The monoisotopic (exact) mass is 410 g/mol. The third kappa shape index (κ3) is 5.14. The summed E-state index contributed by atoms with van der Waals surface area (Å²) in [6.45, 7) is 9.82. The highest BCUT2D eigenvalue weighted by Crippen LogP contribution is 2.34. The van der Waals surface area contributed by atoms with E-state index in [0.29, 0.717) is 29.0 Å². The van der Waals surface area contributed by atoms with Crippen LogP contribution in [0.4, 0.5) is 11.4 Å². The first-order valence-electron chi connectivity index (χ1n) is 9.90. The van der Waals surface area contributed by atoms with Crippen molar-refractivity contribution in [2.24, 2.45) is 17.8 Å². The van der Waals surface area contributed by atoms with E-state index in [1.165, 1.54) is 6.07 Å². The summed E-state index contributed by atoms with van der Waals surface area (Å²) in [6.07, 6.45) is 2.01. The fraction of sp³-hybridized carbons (Fsp3) is 0.650. The lowest BCUT2D eigenvalue weighted by atomic mass is 9.91. The first kappa shape index (κ1) is 22.4. The third-order valence-electron chi connectivity index (χ3n) is 5.75. The average molecular weight is 411 g/mol.